The molecule has 0 heterocycles. The third-order valence-corrected chi connectivity index (χ3v) is 5.65. The molecule has 3 rings (SSSR count). The first kappa shape index (κ1) is 26.7. The molecule has 0 unspecified atom stereocenters. The van der Waals surface area contributed by atoms with E-state index in [0.717, 1.165) is 6.42 Å². The largest absolute Gasteiger partial charge is 0.494 e. The number of hydrogen-bond acceptors (Lipinski definition) is 5. The van der Waals surface area contributed by atoms with Gasteiger partial charge in [0.2, 0.25) is 11.8 Å². The highest BCUT2D eigenvalue weighted by atomic mass is 79.9. The van der Waals surface area contributed by atoms with Gasteiger partial charge in [-0.1, -0.05) is 30.3 Å². The molecule has 0 spiro atoms. The van der Waals surface area contributed by atoms with Gasteiger partial charge in [0.05, 0.1) is 17.7 Å². The van der Waals surface area contributed by atoms with Crippen LogP contribution in [0.3, 0.4) is 0 Å². The van der Waals surface area contributed by atoms with Crippen LogP contribution in [-0.2, 0) is 16.0 Å². The monoisotopic (exact) mass is 553 g/mol. The van der Waals surface area contributed by atoms with Gasteiger partial charge in [0.25, 0.3) is 5.91 Å². The molecule has 188 valence electrons. The van der Waals surface area contributed by atoms with Crippen molar-refractivity contribution in [1.29, 1.82) is 0 Å². The topological polar surface area (TPSA) is 106 Å². The number of hydrazine groups is 1. The van der Waals surface area contributed by atoms with E-state index in [1.54, 1.807) is 42.5 Å². The summed E-state index contributed by atoms with van der Waals surface area (Å²) in [6, 6.07) is 21.9. The second-order valence-electron chi connectivity index (χ2n) is 7.74. The average Bonchev–Trinajstić information content (AvgIpc) is 2.89. The molecule has 3 N–H and O–H groups in total. The van der Waals surface area contributed by atoms with Crippen LogP contribution < -0.4 is 25.6 Å². The van der Waals surface area contributed by atoms with Crippen LogP contribution in [0.25, 0.3) is 0 Å². The molecule has 0 saturated carbocycles. The van der Waals surface area contributed by atoms with Gasteiger partial charge in [-0.25, -0.2) is 0 Å². The van der Waals surface area contributed by atoms with E-state index in [4.69, 9.17) is 9.47 Å². The van der Waals surface area contributed by atoms with Gasteiger partial charge >= 0.3 is 0 Å². The van der Waals surface area contributed by atoms with Crippen molar-refractivity contribution in [3.05, 3.63) is 88.4 Å². The maximum Gasteiger partial charge on any atom is 0.269 e. The van der Waals surface area contributed by atoms with E-state index in [1.165, 1.54) is 5.56 Å². The summed E-state index contributed by atoms with van der Waals surface area (Å²) in [6.07, 6.45) is 0.649. The Morgan fingerprint density at radius 1 is 0.833 bits per heavy atom. The smallest absolute Gasteiger partial charge is 0.269 e. The van der Waals surface area contributed by atoms with Gasteiger partial charge in [-0.2, -0.15) is 0 Å². The van der Waals surface area contributed by atoms with Crippen molar-refractivity contribution in [1.82, 2.24) is 10.9 Å². The molecule has 3 amide bonds. The van der Waals surface area contributed by atoms with Gasteiger partial charge in [-0.15, -0.1) is 0 Å². The van der Waals surface area contributed by atoms with Crippen molar-refractivity contribution in [2.24, 2.45) is 0 Å². The number of anilines is 1. The predicted molar refractivity (Wildman–Crippen MR) is 141 cm³/mol. The number of benzene rings is 3. The molecule has 3 aromatic carbocycles. The minimum absolute atomic E-state index is 0.0323. The highest BCUT2D eigenvalue weighted by Gasteiger charge is 2.12. The number of ether oxygens (including phenoxy) is 2. The fourth-order valence-corrected chi connectivity index (χ4v) is 3.69. The molecule has 0 atom stereocenters. The zero-order valence-corrected chi connectivity index (χ0v) is 21.5. The van der Waals surface area contributed by atoms with Crippen LogP contribution in [0.1, 0.15) is 35.7 Å². The highest BCUT2D eigenvalue weighted by Crippen LogP contribution is 2.26. The van der Waals surface area contributed by atoms with Crippen LogP contribution in [-0.4, -0.2) is 30.9 Å². The molecule has 0 aromatic heterocycles. The highest BCUT2D eigenvalue weighted by molar-refractivity contribution is 9.10. The summed E-state index contributed by atoms with van der Waals surface area (Å²) in [5, 5.41) is 2.71. The summed E-state index contributed by atoms with van der Waals surface area (Å²) < 4.78 is 11.8. The Morgan fingerprint density at radius 2 is 1.56 bits per heavy atom. The van der Waals surface area contributed by atoms with Crippen molar-refractivity contribution in [2.45, 2.75) is 26.2 Å². The number of rotatable bonds is 11. The van der Waals surface area contributed by atoms with Crippen LogP contribution in [0.4, 0.5) is 5.69 Å². The lowest BCUT2D eigenvalue weighted by atomic mass is 10.2. The first-order chi connectivity index (χ1) is 17.4. The van der Waals surface area contributed by atoms with E-state index in [2.05, 4.69) is 32.1 Å². The van der Waals surface area contributed by atoms with E-state index in [-0.39, 0.29) is 18.7 Å². The molecule has 0 radical (unpaired) electrons. The Morgan fingerprint density at radius 3 is 2.25 bits per heavy atom. The first-order valence-corrected chi connectivity index (χ1v) is 12.3. The second-order valence-corrected chi connectivity index (χ2v) is 8.59. The summed E-state index contributed by atoms with van der Waals surface area (Å²) in [5.41, 5.74) is 6.80. The normalized spacial score (nSPS) is 10.3. The molecule has 3 aromatic rings. The first-order valence-electron chi connectivity index (χ1n) is 11.5. The van der Waals surface area contributed by atoms with E-state index in [1.807, 2.05) is 37.3 Å². The lowest BCUT2D eigenvalue weighted by Crippen LogP contribution is -2.41. The maximum absolute atomic E-state index is 12.4. The van der Waals surface area contributed by atoms with Gasteiger partial charge < -0.3 is 14.8 Å². The quantitative estimate of drug-likeness (QED) is 0.300. The molecule has 8 nitrogen and oxygen atoms in total. The average molecular weight is 554 g/mol. The number of nitrogens with one attached hydrogen (secondary N) is 3. The standard InChI is InChI=1S/C27H28BrN3O5/c1-2-35-22-11-9-21(10-12-22)29-25(32)14-15-26(33)30-31-27(34)20-8-13-24(23(28)18-20)36-17-16-19-6-4-3-5-7-19/h3-13,18H,2,14-17H2,1H3,(H,29,32)(H,30,33)(H,31,34). The van der Waals surface area contributed by atoms with Gasteiger partial charge in [-0.3, -0.25) is 25.2 Å². The van der Waals surface area contributed by atoms with Crippen LogP contribution in [0.2, 0.25) is 0 Å². The molecule has 0 fully saturated rings. The minimum Gasteiger partial charge on any atom is -0.494 e. The minimum atomic E-state index is -0.487. The fourth-order valence-electron chi connectivity index (χ4n) is 3.20. The number of halogens is 1. The Hall–Kier alpha value is -3.85. The number of carbonyl (C=O) groups is 3. The third-order valence-electron chi connectivity index (χ3n) is 5.03. The van der Waals surface area contributed by atoms with Crippen molar-refractivity contribution >= 4 is 39.3 Å². The SMILES string of the molecule is CCOc1ccc(NC(=O)CCC(=O)NNC(=O)c2ccc(OCCc3ccccc3)c(Br)c2)cc1. The van der Waals surface area contributed by atoms with Gasteiger partial charge in [0.15, 0.2) is 0 Å². The molecular weight excluding hydrogens is 526 g/mol. The van der Waals surface area contributed by atoms with Crippen molar-refractivity contribution in [3.63, 3.8) is 0 Å². The zero-order chi connectivity index (χ0) is 25.8. The van der Waals surface area contributed by atoms with Crippen LogP contribution >= 0.6 is 15.9 Å². The Kier molecular flexibility index (Phi) is 10.3. The van der Waals surface area contributed by atoms with E-state index < -0.39 is 11.8 Å². The number of amides is 3. The molecule has 36 heavy (non-hydrogen) atoms. The molecule has 0 bridgehead atoms. The number of carbonyl (C=O) groups excluding carboxylic acids is 3. The summed E-state index contributed by atoms with van der Waals surface area (Å²) in [4.78, 5) is 36.5. The van der Waals surface area contributed by atoms with Gasteiger partial charge in [0.1, 0.15) is 11.5 Å². The van der Waals surface area contributed by atoms with Gasteiger partial charge in [-0.05, 0) is 70.9 Å². The number of hydrogen-bond donors (Lipinski definition) is 3. The van der Waals surface area contributed by atoms with E-state index >= 15 is 0 Å². The summed E-state index contributed by atoms with van der Waals surface area (Å²) in [5.74, 6) is 0.0456. The molecule has 0 saturated heterocycles. The maximum atomic E-state index is 12.4. The van der Waals surface area contributed by atoms with Crippen molar-refractivity contribution in [2.75, 3.05) is 18.5 Å². The Labute approximate surface area is 218 Å². The van der Waals surface area contributed by atoms with Crippen LogP contribution in [0, 0.1) is 0 Å². The molecule has 0 aliphatic carbocycles. The lowest BCUT2D eigenvalue weighted by molar-refractivity contribution is -0.124. The molecule has 0 aliphatic rings. The predicted octanol–water partition coefficient (Wildman–Crippen LogP) is 4.65. The van der Waals surface area contributed by atoms with Crippen molar-refractivity contribution < 1.29 is 23.9 Å². The van der Waals surface area contributed by atoms with Gasteiger partial charge in [0, 0.05) is 30.5 Å². The lowest BCUT2D eigenvalue weighted by Gasteiger charge is -2.11. The molecule has 9 heteroatoms. The third kappa shape index (κ3) is 8.74. The zero-order valence-electron chi connectivity index (χ0n) is 19.9. The van der Waals surface area contributed by atoms with E-state index in [0.29, 0.717) is 40.4 Å². The second kappa shape index (κ2) is 13.9. The van der Waals surface area contributed by atoms with Crippen molar-refractivity contribution in [3.8, 4) is 11.5 Å². The van der Waals surface area contributed by atoms with Crippen LogP contribution in [0.15, 0.2) is 77.3 Å². The fraction of sp³-hybridized carbons (Fsp3) is 0.222. The summed E-state index contributed by atoms with van der Waals surface area (Å²) in [6.45, 7) is 2.95. The Balaban J connectivity index is 1.38. The molecular formula is C27H28BrN3O5. The summed E-state index contributed by atoms with van der Waals surface area (Å²) in [7, 11) is 0. The van der Waals surface area contributed by atoms with E-state index in [9.17, 15) is 14.4 Å². The molecule has 0 aliphatic heterocycles. The Bertz CT molecular complexity index is 1170. The summed E-state index contributed by atoms with van der Waals surface area (Å²) >= 11 is 3.42. The van der Waals surface area contributed by atoms with Crippen LogP contribution in [0.5, 0.6) is 11.5 Å².